The Bertz CT molecular complexity index is 728. The highest BCUT2D eigenvalue weighted by molar-refractivity contribution is 5.93. The molecule has 0 saturated carbocycles. The summed E-state index contributed by atoms with van der Waals surface area (Å²) >= 11 is 0. The van der Waals surface area contributed by atoms with Gasteiger partial charge in [-0.15, -0.1) is 5.75 Å². The van der Waals surface area contributed by atoms with Crippen molar-refractivity contribution in [1.82, 2.24) is 0 Å². The van der Waals surface area contributed by atoms with Gasteiger partial charge >= 0.3 is 5.97 Å². The SMILES string of the molecule is CCOC(=O)CCCCCC1(C)C(C)=[N+](CCC(C)OCC)c2ccc([O-])cc21. The summed E-state index contributed by atoms with van der Waals surface area (Å²) < 4.78 is 13.1. The highest BCUT2D eigenvalue weighted by Crippen LogP contribution is 2.44. The summed E-state index contributed by atoms with van der Waals surface area (Å²) in [5.74, 6) is -0.0483. The summed E-state index contributed by atoms with van der Waals surface area (Å²) in [5, 5.41) is 12.1. The Morgan fingerprint density at radius 1 is 1.21 bits per heavy atom. The average Bonchev–Trinajstić information content (AvgIpc) is 2.88. The van der Waals surface area contributed by atoms with E-state index in [-0.39, 0.29) is 23.2 Å². The van der Waals surface area contributed by atoms with Crippen molar-refractivity contribution in [2.24, 2.45) is 0 Å². The lowest BCUT2D eigenvalue weighted by atomic mass is 9.76. The molecule has 2 rings (SSSR count). The van der Waals surface area contributed by atoms with Gasteiger partial charge in [0, 0.05) is 38.0 Å². The van der Waals surface area contributed by atoms with Crippen LogP contribution in [-0.2, 0) is 19.7 Å². The zero-order valence-corrected chi connectivity index (χ0v) is 18.8. The van der Waals surface area contributed by atoms with E-state index >= 15 is 0 Å². The van der Waals surface area contributed by atoms with E-state index in [1.165, 1.54) is 5.71 Å². The third kappa shape index (κ3) is 5.81. The van der Waals surface area contributed by atoms with Gasteiger partial charge in [-0.1, -0.05) is 25.0 Å². The topological polar surface area (TPSA) is 61.6 Å². The number of benzene rings is 1. The van der Waals surface area contributed by atoms with Crippen LogP contribution < -0.4 is 5.11 Å². The average molecular weight is 404 g/mol. The molecule has 0 bridgehead atoms. The van der Waals surface area contributed by atoms with E-state index in [4.69, 9.17) is 9.47 Å². The molecule has 0 aromatic heterocycles. The van der Waals surface area contributed by atoms with E-state index < -0.39 is 0 Å². The maximum Gasteiger partial charge on any atom is 0.305 e. The monoisotopic (exact) mass is 403 g/mol. The smallest absolute Gasteiger partial charge is 0.305 e. The lowest BCUT2D eigenvalue weighted by Gasteiger charge is -2.23. The molecule has 0 amide bonds. The molecule has 5 nitrogen and oxygen atoms in total. The molecule has 0 radical (unpaired) electrons. The van der Waals surface area contributed by atoms with Crippen LogP contribution in [0.25, 0.3) is 0 Å². The molecule has 5 heteroatoms. The molecule has 0 spiro atoms. The normalized spacial score (nSPS) is 19.3. The highest BCUT2D eigenvalue weighted by Gasteiger charge is 2.45. The molecule has 1 aliphatic rings. The Morgan fingerprint density at radius 2 is 1.97 bits per heavy atom. The van der Waals surface area contributed by atoms with Crippen LogP contribution >= 0.6 is 0 Å². The lowest BCUT2D eigenvalue weighted by molar-refractivity contribution is -0.441. The predicted molar refractivity (Wildman–Crippen MR) is 114 cm³/mol. The second-order valence-corrected chi connectivity index (χ2v) is 8.17. The fourth-order valence-corrected chi connectivity index (χ4v) is 4.31. The molecule has 1 aliphatic heterocycles. The Labute approximate surface area is 175 Å². The zero-order chi connectivity index (χ0) is 21.4. The van der Waals surface area contributed by atoms with Crippen molar-refractivity contribution in [3.8, 4) is 5.75 Å². The van der Waals surface area contributed by atoms with Crippen LogP contribution in [0.15, 0.2) is 18.2 Å². The summed E-state index contributed by atoms with van der Waals surface area (Å²) in [6, 6.07) is 5.44. The Balaban J connectivity index is 2.08. The van der Waals surface area contributed by atoms with Crippen LogP contribution in [-0.4, -0.2) is 42.1 Å². The number of ether oxygens (including phenoxy) is 2. The van der Waals surface area contributed by atoms with E-state index in [0.29, 0.717) is 13.0 Å². The third-order valence-corrected chi connectivity index (χ3v) is 6.13. The Morgan fingerprint density at radius 3 is 2.66 bits per heavy atom. The molecular formula is C24H37NO4. The van der Waals surface area contributed by atoms with Gasteiger partial charge in [-0.2, -0.15) is 4.58 Å². The first-order chi connectivity index (χ1) is 13.8. The molecule has 2 unspecified atom stereocenters. The highest BCUT2D eigenvalue weighted by atomic mass is 16.5. The minimum atomic E-state index is -0.144. The summed E-state index contributed by atoms with van der Waals surface area (Å²) in [6.45, 7) is 12.5. The maximum absolute atomic E-state index is 12.1. The largest absolute Gasteiger partial charge is 0.872 e. The van der Waals surface area contributed by atoms with Crippen molar-refractivity contribution in [3.63, 3.8) is 0 Å². The number of fused-ring (bicyclic) bond motifs is 1. The first-order valence-electron chi connectivity index (χ1n) is 11.0. The van der Waals surface area contributed by atoms with Crippen LogP contribution in [0.2, 0.25) is 0 Å². The van der Waals surface area contributed by atoms with Crippen molar-refractivity contribution in [2.75, 3.05) is 19.8 Å². The molecular weight excluding hydrogens is 366 g/mol. The molecule has 29 heavy (non-hydrogen) atoms. The van der Waals surface area contributed by atoms with Gasteiger partial charge in [-0.25, -0.2) is 0 Å². The van der Waals surface area contributed by atoms with Gasteiger partial charge in [-0.3, -0.25) is 4.79 Å². The van der Waals surface area contributed by atoms with Crippen molar-refractivity contribution >= 4 is 17.4 Å². The van der Waals surface area contributed by atoms with E-state index in [0.717, 1.165) is 56.5 Å². The molecule has 1 aromatic carbocycles. The van der Waals surface area contributed by atoms with Crippen molar-refractivity contribution in [1.29, 1.82) is 0 Å². The van der Waals surface area contributed by atoms with E-state index in [2.05, 4.69) is 25.3 Å². The van der Waals surface area contributed by atoms with E-state index in [9.17, 15) is 9.90 Å². The summed E-state index contributed by atoms with van der Waals surface area (Å²) in [5.41, 5.74) is 3.44. The van der Waals surface area contributed by atoms with E-state index in [1.54, 1.807) is 6.07 Å². The molecule has 0 saturated heterocycles. The van der Waals surface area contributed by atoms with Crippen molar-refractivity contribution in [2.45, 2.75) is 84.7 Å². The molecule has 2 atom stereocenters. The van der Waals surface area contributed by atoms with Gasteiger partial charge in [-0.05, 0) is 40.5 Å². The number of carbonyl (C=O) groups excluding carboxylic acids is 1. The van der Waals surface area contributed by atoms with E-state index in [1.807, 2.05) is 26.0 Å². The van der Waals surface area contributed by atoms with Gasteiger partial charge in [0.25, 0.3) is 0 Å². The number of hydrogen-bond donors (Lipinski definition) is 0. The Hall–Kier alpha value is -1.88. The number of rotatable bonds is 12. The molecule has 0 N–H and O–H groups in total. The number of nitrogens with zero attached hydrogens (tertiary/aromatic N) is 1. The second kappa shape index (κ2) is 10.8. The molecule has 1 aromatic rings. The predicted octanol–water partition coefficient (Wildman–Crippen LogP) is 4.47. The molecule has 0 aliphatic carbocycles. The minimum absolute atomic E-state index is 0.0645. The number of hydrogen-bond acceptors (Lipinski definition) is 4. The fourth-order valence-electron chi connectivity index (χ4n) is 4.31. The lowest BCUT2D eigenvalue weighted by Crippen LogP contribution is -2.31. The summed E-state index contributed by atoms with van der Waals surface area (Å²) in [7, 11) is 0. The third-order valence-electron chi connectivity index (χ3n) is 6.13. The first kappa shape index (κ1) is 23.4. The van der Waals surface area contributed by atoms with Crippen LogP contribution in [0.1, 0.15) is 78.7 Å². The van der Waals surface area contributed by atoms with Gasteiger partial charge in [0.15, 0.2) is 12.3 Å². The van der Waals surface area contributed by atoms with Crippen LogP contribution in [0.5, 0.6) is 5.75 Å². The summed E-state index contributed by atoms with van der Waals surface area (Å²) in [6.07, 6.45) is 5.45. The van der Waals surface area contributed by atoms with Crippen LogP contribution in [0.3, 0.4) is 0 Å². The van der Waals surface area contributed by atoms with Gasteiger partial charge in [0.1, 0.15) is 0 Å². The molecule has 0 fully saturated rings. The maximum atomic E-state index is 12.1. The number of carbonyl (C=O) groups is 1. The minimum Gasteiger partial charge on any atom is -0.872 e. The van der Waals surface area contributed by atoms with Crippen LogP contribution in [0.4, 0.5) is 5.69 Å². The quantitative estimate of drug-likeness (QED) is 0.294. The van der Waals surface area contributed by atoms with Gasteiger partial charge < -0.3 is 14.6 Å². The second-order valence-electron chi connectivity index (χ2n) is 8.17. The number of unbranched alkanes of at least 4 members (excludes halogenated alkanes) is 2. The zero-order valence-electron chi connectivity index (χ0n) is 18.8. The fraction of sp³-hybridized carbons (Fsp3) is 0.667. The standard InChI is InChI=1S/C24H37NO4/c1-6-28-18(3)14-16-25-19(4)24(5,21-17-20(26)12-13-22(21)25)15-10-8-9-11-23(27)29-7-2/h12-13,17-18H,6-11,14-16H2,1-5H3. The van der Waals surface area contributed by atoms with Crippen molar-refractivity contribution in [3.05, 3.63) is 23.8 Å². The summed E-state index contributed by atoms with van der Waals surface area (Å²) in [4.78, 5) is 11.5. The first-order valence-corrected chi connectivity index (χ1v) is 11.0. The molecule has 1 heterocycles. The Kier molecular flexibility index (Phi) is 8.69. The van der Waals surface area contributed by atoms with Crippen molar-refractivity contribution < 1.29 is 24.0 Å². The van der Waals surface area contributed by atoms with Crippen LogP contribution in [0, 0.1) is 0 Å². The van der Waals surface area contributed by atoms with Gasteiger partial charge in [0.2, 0.25) is 5.69 Å². The number of esters is 1. The van der Waals surface area contributed by atoms with Gasteiger partial charge in [0.05, 0.1) is 18.1 Å². The molecule has 162 valence electrons.